The van der Waals surface area contributed by atoms with Crippen LogP contribution in [-0.4, -0.2) is 10.9 Å². The lowest BCUT2D eigenvalue weighted by Gasteiger charge is -2.09. The van der Waals surface area contributed by atoms with Gasteiger partial charge >= 0.3 is 0 Å². The van der Waals surface area contributed by atoms with Crippen LogP contribution >= 0.6 is 0 Å². The lowest BCUT2D eigenvalue weighted by molar-refractivity contribution is 0.102. The van der Waals surface area contributed by atoms with Crippen molar-refractivity contribution >= 4 is 17.3 Å². The summed E-state index contributed by atoms with van der Waals surface area (Å²) in [6.45, 7) is 4.87. The molecule has 0 radical (unpaired) electrons. The molecule has 132 valence electrons. The van der Waals surface area contributed by atoms with Crippen molar-refractivity contribution in [1.82, 2.24) is 4.98 Å². The Morgan fingerprint density at radius 3 is 2.31 bits per heavy atom. The van der Waals surface area contributed by atoms with Gasteiger partial charge in [-0.2, -0.15) is 0 Å². The smallest absolute Gasteiger partial charge is 0.274 e. The Balaban J connectivity index is 1.63. The largest absolute Gasteiger partial charge is 0.381 e. The molecule has 3 rings (SSSR count). The van der Waals surface area contributed by atoms with Crippen molar-refractivity contribution in [1.29, 1.82) is 0 Å². The second-order valence-electron chi connectivity index (χ2n) is 6.27. The van der Waals surface area contributed by atoms with Gasteiger partial charge in [-0.3, -0.25) is 9.78 Å². The number of aromatic nitrogens is 1. The summed E-state index contributed by atoms with van der Waals surface area (Å²) in [4.78, 5) is 16.6. The first-order valence-corrected chi connectivity index (χ1v) is 8.80. The second kappa shape index (κ2) is 8.30. The van der Waals surface area contributed by atoms with Gasteiger partial charge in [-0.1, -0.05) is 48.9 Å². The van der Waals surface area contributed by atoms with Gasteiger partial charge < -0.3 is 10.6 Å². The van der Waals surface area contributed by atoms with Crippen LogP contribution in [0.2, 0.25) is 0 Å². The molecule has 0 aliphatic rings. The molecule has 2 N–H and O–H groups in total. The molecule has 0 saturated carbocycles. The van der Waals surface area contributed by atoms with E-state index in [1.165, 1.54) is 16.7 Å². The summed E-state index contributed by atoms with van der Waals surface area (Å²) in [5.74, 6) is -0.215. The number of carbonyl (C=O) groups is 1. The average molecular weight is 345 g/mol. The third-order valence-electron chi connectivity index (χ3n) is 4.23. The van der Waals surface area contributed by atoms with Crippen molar-refractivity contribution in [2.75, 3.05) is 10.6 Å². The molecule has 1 amide bonds. The zero-order valence-corrected chi connectivity index (χ0v) is 15.1. The summed E-state index contributed by atoms with van der Waals surface area (Å²) in [7, 11) is 0. The quantitative estimate of drug-likeness (QED) is 0.673. The van der Waals surface area contributed by atoms with Gasteiger partial charge in [0.15, 0.2) is 0 Å². The van der Waals surface area contributed by atoms with Crippen LogP contribution in [0.25, 0.3) is 0 Å². The van der Waals surface area contributed by atoms with Crippen molar-refractivity contribution in [3.8, 4) is 0 Å². The highest BCUT2D eigenvalue weighted by molar-refractivity contribution is 6.03. The summed E-state index contributed by atoms with van der Waals surface area (Å²) in [5.41, 5.74) is 5.69. The molecule has 0 aliphatic heterocycles. The number of carbonyl (C=O) groups excluding carboxylic acids is 1. The van der Waals surface area contributed by atoms with Gasteiger partial charge in [0.05, 0.1) is 0 Å². The van der Waals surface area contributed by atoms with Crippen molar-refractivity contribution in [3.63, 3.8) is 0 Å². The van der Waals surface area contributed by atoms with Crippen molar-refractivity contribution in [3.05, 3.63) is 89.2 Å². The highest BCUT2D eigenvalue weighted by Gasteiger charge is 2.08. The van der Waals surface area contributed by atoms with E-state index in [0.717, 1.165) is 17.8 Å². The number of hydrogen-bond donors (Lipinski definition) is 2. The van der Waals surface area contributed by atoms with Gasteiger partial charge in [0.2, 0.25) is 0 Å². The second-order valence-corrected chi connectivity index (χ2v) is 6.27. The molecule has 1 aromatic heterocycles. The van der Waals surface area contributed by atoms with Crippen LogP contribution in [0.4, 0.5) is 11.4 Å². The van der Waals surface area contributed by atoms with Gasteiger partial charge in [-0.05, 0) is 48.7 Å². The predicted molar refractivity (Wildman–Crippen MR) is 107 cm³/mol. The molecule has 0 aliphatic carbocycles. The minimum atomic E-state index is -0.215. The first-order valence-electron chi connectivity index (χ1n) is 8.80. The Labute approximate surface area is 154 Å². The number of anilines is 2. The van der Waals surface area contributed by atoms with Crippen molar-refractivity contribution in [2.45, 2.75) is 26.8 Å². The van der Waals surface area contributed by atoms with Crippen LogP contribution in [-0.2, 0) is 13.0 Å². The van der Waals surface area contributed by atoms with E-state index in [1.54, 1.807) is 12.3 Å². The molecule has 3 aromatic rings. The van der Waals surface area contributed by atoms with Crippen LogP contribution in [0, 0.1) is 6.92 Å². The molecule has 0 spiro atoms. The summed E-state index contributed by atoms with van der Waals surface area (Å²) >= 11 is 0. The summed E-state index contributed by atoms with van der Waals surface area (Å²) < 4.78 is 0. The van der Waals surface area contributed by atoms with Crippen molar-refractivity contribution in [2.24, 2.45) is 0 Å². The lowest BCUT2D eigenvalue weighted by Crippen LogP contribution is -2.14. The zero-order chi connectivity index (χ0) is 18.4. The van der Waals surface area contributed by atoms with E-state index in [2.05, 4.69) is 53.7 Å². The molecule has 0 fully saturated rings. The van der Waals surface area contributed by atoms with Gasteiger partial charge in [0.1, 0.15) is 5.69 Å². The summed E-state index contributed by atoms with van der Waals surface area (Å²) in [6.07, 6.45) is 2.62. The fraction of sp³-hybridized carbons (Fsp3) is 0.182. The molecule has 0 bridgehead atoms. The number of amides is 1. The SMILES string of the molecule is CCc1ccc(NC(=O)c2cc(NCc3ccc(C)cc3)ccn2)cc1. The molecule has 1 heterocycles. The predicted octanol–water partition coefficient (Wildman–Crippen LogP) is 4.82. The van der Waals surface area contributed by atoms with E-state index in [4.69, 9.17) is 0 Å². The standard InChI is InChI=1S/C22H23N3O/c1-3-17-8-10-19(11-9-17)25-22(26)21-14-20(12-13-23-21)24-15-18-6-4-16(2)5-7-18/h4-14H,3,15H2,1-2H3,(H,23,24)(H,25,26). The number of pyridine rings is 1. The topological polar surface area (TPSA) is 54.0 Å². The van der Waals surface area contributed by atoms with Gasteiger partial charge in [-0.15, -0.1) is 0 Å². The molecular formula is C22H23N3O. The van der Waals surface area contributed by atoms with E-state index in [1.807, 2.05) is 30.3 Å². The van der Waals surface area contributed by atoms with Crippen LogP contribution in [0.3, 0.4) is 0 Å². The maximum atomic E-state index is 12.4. The average Bonchev–Trinajstić information content (AvgIpc) is 2.68. The number of aryl methyl sites for hydroxylation is 2. The Morgan fingerprint density at radius 1 is 0.923 bits per heavy atom. The maximum absolute atomic E-state index is 12.4. The van der Waals surface area contributed by atoms with Gasteiger partial charge in [0.25, 0.3) is 5.91 Å². The molecular weight excluding hydrogens is 322 g/mol. The highest BCUT2D eigenvalue weighted by Crippen LogP contribution is 2.14. The lowest BCUT2D eigenvalue weighted by atomic mass is 10.1. The van der Waals surface area contributed by atoms with E-state index >= 15 is 0 Å². The number of nitrogens with one attached hydrogen (secondary N) is 2. The minimum Gasteiger partial charge on any atom is -0.381 e. The maximum Gasteiger partial charge on any atom is 0.274 e. The Kier molecular flexibility index (Phi) is 5.64. The Hall–Kier alpha value is -3.14. The molecule has 4 heteroatoms. The molecule has 2 aromatic carbocycles. The van der Waals surface area contributed by atoms with E-state index in [9.17, 15) is 4.79 Å². The Morgan fingerprint density at radius 2 is 1.62 bits per heavy atom. The first-order chi connectivity index (χ1) is 12.6. The van der Waals surface area contributed by atoms with Crippen LogP contribution in [0.1, 0.15) is 34.1 Å². The first kappa shape index (κ1) is 17.7. The third kappa shape index (κ3) is 4.70. The van der Waals surface area contributed by atoms with E-state index in [-0.39, 0.29) is 5.91 Å². The summed E-state index contributed by atoms with van der Waals surface area (Å²) in [6, 6.07) is 19.9. The van der Waals surface area contributed by atoms with Gasteiger partial charge in [-0.25, -0.2) is 0 Å². The fourth-order valence-electron chi connectivity index (χ4n) is 2.59. The summed E-state index contributed by atoms with van der Waals surface area (Å²) in [5, 5.41) is 6.22. The number of rotatable bonds is 6. The van der Waals surface area contributed by atoms with E-state index < -0.39 is 0 Å². The fourth-order valence-corrected chi connectivity index (χ4v) is 2.59. The minimum absolute atomic E-state index is 0.215. The molecule has 26 heavy (non-hydrogen) atoms. The normalized spacial score (nSPS) is 10.4. The molecule has 0 unspecified atom stereocenters. The number of benzene rings is 2. The van der Waals surface area contributed by atoms with E-state index in [0.29, 0.717) is 12.2 Å². The molecule has 0 saturated heterocycles. The number of nitrogens with zero attached hydrogens (tertiary/aromatic N) is 1. The number of hydrogen-bond acceptors (Lipinski definition) is 3. The molecule has 0 atom stereocenters. The van der Waals surface area contributed by atoms with Crippen molar-refractivity contribution < 1.29 is 4.79 Å². The van der Waals surface area contributed by atoms with Crippen LogP contribution < -0.4 is 10.6 Å². The van der Waals surface area contributed by atoms with Crippen LogP contribution in [0.5, 0.6) is 0 Å². The Bertz CT molecular complexity index is 871. The third-order valence-corrected chi connectivity index (χ3v) is 4.23. The monoisotopic (exact) mass is 345 g/mol. The highest BCUT2D eigenvalue weighted by atomic mass is 16.1. The zero-order valence-electron chi connectivity index (χ0n) is 15.1. The molecule has 4 nitrogen and oxygen atoms in total. The van der Waals surface area contributed by atoms with Gasteiger partial charge in [0, 0.05) is 24.1 Å². The van der Waals surface area contributed by atoms with Crippen LogP contribution in [0.15, 0.2) is 66.9 Å².